The van der Waals surface area contributed by atoms with Gasteiger partial charge in [0, 0.05) is 31.0 Å². The molecule has 0 bridgehead atoms. The molecule has 0 radical (unpaired) electrons. The van der Waals surface area contributed by atoms with Crippen LogP contribution in [0.1, 0.15) is 20.8 Å². The van der Waals surface area contributed by atoms with Gasteiger partial charge in [0.1, 0.15) is 5.69 Å². The predicted octanol–water partition coefficient (Wildman–Crippen LogP) is 1.30. The maximum atomic E-state index is 10.3. The minimum atomic E-state index is -1.17. The fraction of sp³-hybridized carbons (Fsp3) is 0. The Morgan fingerprint density at radius 1 is 0.909 bits per heavy atom. The van der Waals surface area contributed by atoms with Gasteiger partial charge < -0.3 is 20.2 Å². The Kier molecular flexibility index (Phi) is 7.09. The van der Waals surface area contributed by atoms with Crippen molar-refractivity contribution in [2.24, 2.45) is 0 Å². The Morgan fingerprint density at radius 3 is 1.73 bits per heavy atom. The fourth-order valence-corrected chi connectivity index (χ4v) is 1.08. The maximum Gasteiger partial charge on any atom is 0.354 e. The Bertz CT molecular complexity index is 557. The molecule has 0 spiro atoms. The average Bonchev–Trinajstić information content (AvgIpc) is 3.25. The lowest BCUT2D eigenvalue weighted by Crippen LogP contribution is -2.02. The Hall–Kier alpha value is -3.49. The number of aromatic nitrogens is 5. The van der Waals surface area contributed by atoms with Crippen LogP contribution in [0.15, 0.2) is 55.8 Å². The van der Waals surface area contributed by atoms with Crippen molar-refractivity contribution in [3.05, 3.63) is 67.0 Å². The van der Waals surface area contributed by atoms with E-state index >= 15 is 0 Å². The third-order valence-electron chi connectivity index (χ3n) is 2.04. The molecule has 22 heavy (non-hydrogen) atoms. The first-order valence-corrected chi connectivity index (χ1v) is 5.89. The van der Waals surface area contributed by atoms with Crippen LogP contribution < -0.4 is 0 Å². The molecule has 4 N–H and O–H groups in total. The number of nitrogens with one attached hydrogen (secondary N) is 2. The Morgan fingerprint density at radius 2 is 1.50 bits per heavy atom. The summed E-state index contributed by atoms with van der Waals surface area (Å²) < 4.78 is 0. The zero-order valence-electron chi connectivity index (χ0n) is 11.2. The van der Waals surface area contributed by atoms with Gasteiger partial charge in [0.25, 0.3) is 0 Å². The zero-order chi connectivity index (χ0) is 16.2. The normalized spacial score (nSPS) is 8.73. The molecule has 0 saturated heterocycles. The van der Waals surface area contributed by atoms with E-state index < -0.39 is 11.9 Å². The number of nitrogens with zero attached hydrogens (tertiary/aromatic N) is 3. The molecular weight excluding hydrogens is 290 g/mol. The second-order valence-corrected chi connectivity index (χ2v) is 3.56. The minimum Gasteiger partial charge on any atom is -0.478 e. The summed E-state index contributed by atoms with van der Waals surface area (Å²) in [7, 11) is 0. The lowest BCUT2D eigenvalue weighted by Gasteiger charge is -1.93. The van der Waals surface area contributed by atoms with E-state index in [-0.39, 0.29) is 11.3 Å². The van der Waals surface area contributed by atoms with Gasteiger partial charge >= 0.3 is 11.9 Å². The molecule has 0 saturated carbocycles. The number of pyridine rings is 1. The molecule has 3 heterocycles. The molecule has 3 rings (SSSR count). The topological polar surface area (TPSA) is 145 Å². The molecule has 114 valence electrons. The highest BCUT2D eigenvalue weighted by atomic mass is 16.4. The van der Waals surface area contributed by atoms with Crippen molar-refractivity contribution < 1.29 is 19.8 Å². The largest absolute Gasteiger partial charge is 0.478 e. The molecule has 3 aromatic rings. The summed E-state index contributed by atoms with van der Waals surface area (Å²) in [6.07, 6.45) is 11.2. The Balaban J connectivity index is 0.000000197. The van der Waals surface area contributed by atoms with Gasteiger partial charge in [0.2, 0.25) is 0 Å². The number of H-pyrrole nitrogens is 2. The molecule has 9 nitrogen and oxygen atoms in total. The number of hydrogen-bond donors (Lipinski definition) is 4. The van der Waals surface area contributed by atoms with Crippen molar-refractivity contribution in [1.82, 2.24) is 24.9 Å². The second-order valence-electron chi connectivity index (χ2n) is 3.56. The summed E-state index contributed by atoms with van der Waals surface area (Å²) in [6.45, 7) is 0. The van der Waals surface area contributed by atoms with Crippen LogP contribution in [-0.4, -0.2) is 47.1 Å². The number of aromatic amines is 2. The molecule has 0 unspecified atom stereocenters. The molecule has 0 aliphatic rings. The van der Waals surface area contributed by atoms with Crippen LogP contribution in [0.4, 0.5) is 0 Å². The van der Waals surface area contributed by atoms with Gasteiger partial charge in [-0.2, -0.15) is 0 Å². The number of carbonyl (C=O) groups is 2. The van der Waals surface area contributed by atoms with Crippen LogP contribution in [0, 0.1) is 0 Å². The number of carboxylic acid groups (broad SMARTS) is 2. The lowest BCUT2D eigenvalue weighted by molar-refractivity contribution is 0.0676. The molecular formula is C13H13N5O4. The second kappa shape index (κ2) is 9.42. The SMILES string of the molecule is O=C(O)c1ccc(C(=O)O)nc1.c1c[nH]cn1.c1c[nH]cn1. The van der Waals surface area contributed by atoms with Gasteiger partial charge in [0.15, 0.2) is 0 Å². The van der Waals surface area contributed by atoms with E-state index in [1.165, 1.54) is 6.07 Å². The van der Waals surface area contributed by atoms with Gasteiger partial charge in [-0.15, -0.1) is 0 Å². The van der Waals surface area contributed by atoms with Gasteiger partial charge in [-0.1, -0.05) is 0 Å². The van der Waals surface area contributed by atoms with Crippen molar-refractivity contribution in [2.75, 3.05) is 0 Å². The summed E-state index contributed by atoms with van der Waals surface area (Å²) in [5.41, 5.74) is -0.194. The number of hydrogen-bond acceptors (Lipinski definition) is 5. The number of rotatable bonds is 2. The van der Waals surface area contributed by atoms with E-state index in [1.54, 1.807) is 37.4 Å². The highest BCUT2D eigenvalue weighted by Gasteiger charge is 2.06. The first-order chi connectivity index (χ1) is 10.6. The minimum absolute atomic E-state index is 0.0278. The fourth-order valence-electron chi connectivity index (χ4n) is 1.08. The van der Waals surface area contributed by atoms with Crippen LogP contribution >= 0.6 is 0 Å². The third-order valence-corrected chi connectivity index (χ3v) is 2.04. The zero-order valence-corrected chi connectivity index (χ0v) is 11.2. The molecule has 3 aromatic heterocycles. The van der Waals surface area contributed by atoms with Crippen molar-refractivity contribution in [1.29, 1.82) is 0 Å². The maximum absolute atomic E-state index is 10.3. The van der Waals surface area contributed by atoms with Gasteiger partial charge in [-0.05, 0) is 12.1 Å². The van der Waals surface area contributed by atoms with E-state index in [9.17, 15) is 9.59 Å². The molecule has 9 heteroatoms. The molecule has 0 fully saturated rings. The first kappa shape index (κ1) is 16.6. The standard InChI is InChI=1S/C7H5NO4.2C3H4N2/c9-6(10)4-1-2-5(7(11)12)8-3-4;2*1-2-5-3-4-1/h1-3H,(H,9,10)(H,11,12);2*1-3H,(H,4,5). The van der Waals surface area contributed by atoms with E-state index in [1.807, 2.05) is 0 Å². The lowest BCUT2D eigenvalue weighted by atomic mass is 10.2. The highest BCUT2D eigenvalue weighted by Crippen LogP contribution is 1.99. The van der Waals surface area contributed by atoms with Gasteiger partial charge in [0.05, 0.1) is 18.2 Å². The van der Waals surface area contributed by atoms with Crippen molar-refractivity contribution in [2.45, 2.75) is 0 Å². The summed E-state index contributed by atoms with van der Waals surface area (Å²) >= 11 is 0. The molecule has 0 aliphatic heterocycles. The Labute approximate surface area is 124 Å². The average molecular weight is 303 g/mol. The quantitative estimate of drug-likeness (QED) is 0.558. The summed E-state index contributed by atoms with van der Waals surface area (Å²) in [5, 5.41) is 16.8. The summed E-state index contributed by atoms with van der Waals surface area (Å²) in [5.74, 6) is -2.30. The van der Waals surface area contributed by atoms with Crippen LogP contribution in [0.5, 0.6) is 0 Å². The van der Waals surface area contributed by atoms with E-state index in [4.69, 9.17) is 10.2 Å². The third kappa shape index (κ3) is 6.61. The summed E-state index contributed by atoms with van der Waals surface area (Å²) in [4.78, 5) is 36.8. The molecule has 0 atom stereocenters. The smallest absolute Gasteiger partial charge is 0.354 e. The molecule has 0 aliphatic carbocycles. The number of imidazole rings is 2. The molecule has 0 aromatic carbocycles. The van der Waals surface area contributed by atoms with Crippen molar-refractivity contribution in [3.63, 3.8) is 0 Å². The first-order valence-electron chi connectivity index (χ1n) is 5.89. The van der Waals surface area contributed by atoms with Crippen LogP contribution in [0.3, 0.4) is 0 Å². The van der Waals surface area contributed by atoms with E-state index in [2.05, 4.69) is 24.9 Å². The predicted molar refractivity (Wildman–Crippen MR) is 75.3 cm³/mol. The van der Waals surface area contributed by atoms with Gasteiger partial charge in [-0.3, -0.25) is 0 Å². The van der Waals surface area contributed by atoms with E-state index in [0.29, 0.717) is 0 Å². The van der Waals surface area contributed by atoms with Crippen LogP contribution in [-0.2, 0) is 0 Å². The van der Waals surface area contributed by atoms with E-state index in [0.717, 1.165) is 12.3 Å². The van der Waals surface area contributed by atoms with Crippen LogP contribution in [0.25, 0.3) is 0 Å². The van der Waals surface area contributed by atoms with Crippen LogP contribution in [0.2, 0.25) is 0 Å². The highest BCUT2D eigenvalue weighted by molar-refractivity contribution is 5.89. The van der Waals surface area contributed by atoms with Gasteiger partial charge in [-0.25, -0.2) is 24.5 Å². The number of aromatic carboxylic acids is 2. The number of carboxylic acids is 2. The van der Waals surface area contributed by atoms with Crippen molar-refractivity contribution >= 4 is 11.9 Å². The summed E-state index contributed by atoms with van der Waals surface area (Å²) in [6, 6.07) is 2.34. The van der Waals surface area contributed by atoms with Crippen molar-refractivity contribution in [3.8, 4) is 0 Å². The monoisotopic (exact) mass is 303 g/mol. The molecule has 0 amide bonds.